The zero-order chi connectivity index (χ0) is 20.1. The van der Waals surface area contributed by atoms with Gasteiger partial charge in [-0.2, -0.15) is 4.98 Å². The smallest absolute Gasteiger partial charge is 0.249 e. The third-order valence-electron chi connectivity index (χ3n) is 4.24. The second-order valence-corrected chi connectivity index (χ2v) is 6.10. The first-order chi connectivity index (χ1) is 13.5. The van der Waals surface area contributed by atoms with Crippen LogP contribution in [-0.4, -0.2) is 42.4 Å². The van der Waals surface area contributed by atoms with Gasteiger partial charge in [-0.15, -0.1) is 5.10 Å². The Bertz CT molecular complexity index is 984. The van der Waals surface area contributed by atoms with Crippen molar-refractivity contribution in [3.05, 3.63) is 47.5 Å². The average Bonchev–Trinajstić information content (AvgIpc) is 3.16. The number of aromatic nitrogens is 3. The number of carbonyl (C=O) groups is 1. The lowest BCUT2D eigenvalue weighted by Crippen LogP contribution is -2.15. The number of aryl methyl sites for hydroxylation is 1. The minimum atomic E-state index is -0.224. The Morgan fingerprint density at radius 1 is 1.04 bits per heavy atom. The minimum Gasteiger partial charge on any atom is -0.497 e. The van der Waals surface area contributed by atoms with Gasteiger partial charge in [-0.25, -0.2) is 0 Å². The fraction of sp³-hybridized carbons (Fsp3) is 0.250. The van der Waals surface area contributed by atoms with E-state index in [4.69, 9.17) is 14.2 Å². The molecule has 1 heterocycles. The maximum atomic E-state index is 12.3. The van der Waals surface area contributed by atoms with Gasteiger partial charge in [0, 0.05) is 6.07 Å². The molecule has 146 valence electrons. The zero-order valence-electron chi connectivity index (χ0n) is 16.2. The van der Waals surface area contributed by atoms with E-state index in [2.05, 4.69) is 20.5 Å². The van der Waals surface area contributed by atoms with Crippen LogP contribution in [0.2, 0.25) is 0 Å². The number of benzene rings is 2. The lowest BCUT2D eigenvalue weighted by Gasteiger charge is -2.08. The summed E-state index contributed by atoms with van der Waals surface area (Å²) < 4.78 is 15.9. The first-order valence-corrected chi connectivity index (χ1v) is 8.62. The lowest BCUT2D eigenvalue weighted by atomic mass is 10.1. The predicted octanol–water partition coefficient (Wildman–Crippen LogP) is 2.99. The number of hydrogen-bond acceptors (Lipinski definition) is 6. The Kier molecular flexibility index (Phi) is 5.78. The molecule has 8 heteroatoms. The molecule has 2 aromatic carbocycles. The molecule has 8 nitrogen and oxygen atoms in total. The summed E-state index contributed by atoms with van der Waals surface area (Å²) >= 11 is 0. The van der Waals surface area contributed by atoms with Gasteiger partial charge in [-0.1, -0.05) is 12.1 Å². The van der Waals surface area contributed by atoms with E-state index in [0.717, 1.165) is 16.9 Å². The molecule has 0 aliphatic carbocycles. The highest BCUT2D eigenvalue weighted by atomic mass is 16.5. The summed E-state index contributed by atoms with van der Waals surface area (Å²) in [6, 6.07) is 11.0. The number of ether oxygens (including phenoxy) is 3. The Labute approximate surface area is 162 Å². The van der Waals surface area contributed by atoms with E-state index in [-0.39, 0.29) is 18.3 Å². The molecular weight excluding hydrogens is 360 g/mol. The van der Waals surface area contributed by atoms with Crippen LogP contribution < -0.4 is 19.5 Å². The third-order valence-corrected chi connectivity index (χ3v) is 4.24. The van der Waals surface area contributed by atoms with E-state index in [1.807, 2.05) is 31.2 Å². The number of aromatic amines is 1. The van der Waals surface area contributed by atoms with Gasteiger partial charge < -0.3 is 14.2 Å². The van der Waals surface area contributed by atoms with E-state index in [9.17, 15) is 4.79 Å². The molecule has 0 saturated carbocycles. The van der Waals surface area contributed by atoms with Crippen molar-refractivity contribution < 1.29 is 19.0 Å². The van der Waals surface area contributed by atoms with Crippen molar-refractivity contribution in [1.29, 1.82) is 0 Å². The lowest BCUT2D eigenvalue weighted by molar-refractivity contribution is -0.115. The summed E-state index contributed by atoms with van der Waals surface area (Å²) in [4.78, 5) is 16.7. The number of H-pyrrole nitrogens is 1. The number of nitrogens with zero attached hydrogens (tertiary/aromatic N) is 2. The molecule has 1 aromatic heterocycles. The number of amides is 1. The zero-order valence-corrected chi connectivity index (χ0v) is 16.2. The van der Waals surface area contributed by atoms with Crippen molar-refractivity contribution in [3.63, 3.8) is 0 Å². The van der Waals surface area contributed by atoms with Crippen LogP contribution in [-0.2, 0) is 11.2 Å². The van der Waals surface area contributed by atoms with Crippen LogP contribution in [0.3, 0.4) is 0 Å². The highest BCUT2D eigenvalue weighted by molar-refractivity contribution is 5.90. The number of nitrogens with one attached hydrogen (secondary N) is 2. The van der Waals surface area contributed by atoms with Gasteiger partial charge >= 0.3 is 0 Å². The molecule has 0 aliphatic heterocycles. The molecule has 3 aromatic rings. The number of rotatable bonds is 7. The van der Waals surface area contributed by atoms with E-state index in [1.54, 1.807) is 33.5 Å². The van der Waals surface area contributed by atoms with Crippen LogP contribution in [0.15, 0.2) is 36.4 Å². The fourth-order valence-corrected chi connectivity index (χ4v) is 2.76. The second-order valence-electron chi connectivity index (χ2n) is 6.10. The first kappa shape index (κ1) is 19.2. The number of carbonyl (C=O) groups excluding carboxylic acids is 1. The van der Waals surface area contributed by atoms with Gasteiger partial charge in [0.25, 0.3) is 0 Å². The molecule has 28 heavy (non-hydrogen) atoms. The van der Waals surface area contributed by atoms with E-state index in [1.165, 1.54) is 0 Å². The van der Waals surface area contributed by atoms with Crippen molar-refractivity contribution >= 4 is 11.9 Å². The summed E-state index contributed by atoms with van der Waals surface area (Å²) in [5, 5.41) is 9.57. The van der Waals surface area contributed by atoms with Gasteiger partial charge in [-0.3, -0.25) is 15.2 Å². The Morgan fingerprint density at radius 3 is 2.54 bits per heavy atom. The Morgan fingerprint density at radius 2 is 1.82 bits per heavy atom. The van der Waals surface area contributed by atoms with Crippen LogP contribution in [0, 0.1) is 6.92 Å². The molecule has 0 bridgehead atoms. The topological polar surface area (TPSA) is 98.4 Å². The highest BCUT2D eigenvalue weighted by Gasteiger charge is 2.14. The molecule has 0 fully saturated rings. The molecule has 0 aliphatic rings. The van der Waals surface area contributed by atoms with Gasteiger partial charge in [0.05, 0.1) is 33.3 Å². The summed E-state index contributed by atoms with van der Waals surface area (Å²) in [7, 11) is 4.75. The monoisotopic (exact) mass is 382 g/mol. The molecule has 0 unspecified atom stereocenters. The van der Waals surface area contributed by atoms with Crippen molar-refractivity contribution in [2.45, 2.75) is 13.3 Å². The third kappa shape index (κ3) is 4.22. The molecule has 0 radical (unpaired) electrons. The van der Waals surface area contributed by atoms with Gasteiger partial charge in [-0.05, 0) is 36.2 Å². The van der Waals surface area contributed by atoms with Gasteiger partial charge in [0.2, 0.25) is 11.9 Å². The average molecular weight is 382 g/mol. The standard InChI is InChI=1S/C20H22N4O4/c1-12-5-6-13(9-16(12)27-3)10-18(25)21-20-22-19(23-24-20)15-8-7-14(26-2)11-17(15)28-4/h5-9,11H,10H2,1-4H3,(H2,21,22,23,24,25). The molecule has 0 spiro atoms. The Hall–Kier alpha value is -3.55. The van der Waals surface area contributed by atoms with E-state index >= 15 is 0 Å². The summed E-state index contributed by atoms with van der Waals surface area (Å²) in [5.41, 5.74) is 2.56. The van der Waals surface area contributed by atoms with E-state index < -0.39 is 0 Å². The summed E-state index contributed by atoms with van der Waals surface area (Å²) in [6.45, 7) is 1.95. The number of methoxy groups -OCH3 is 3. The van der Waals surface area contributed by atoms with Crippen molar-refractivity contribution in [1.82, 2.24) is 15.2 Å². The number of hydrogen-bond donors (Lipinski definition) is 2. The molecule has 3 rings (SSSR count). The molecule has 2 N–H and O–H groups in total. The van der Waals surface area contributed by atoms with Crippen LogP contribution in [0.5, 0.6) is 17.2 Å². The first-order valence-electron chi connectivity index (χ1n) is 8.62. The number of anilines is 1. The van der Waals surface area contributed by atoms with Crippen LogP contribution >= 0.6 is 0 Å². The van der Waals surface area contributed by atoms with Crippen molar-refractivity contribution in [2.24, 2.45) is 0 Å². The van der Waals surface area contributed by atoms with Gasteiger partial charge in [0.1, 0.15) is 17.2 Å². The summed E-state index contributed by atoms with van der Waals surface area (Å²) in [5.74, 6) is 2.45. The largest absolute Gasteiger partial charge is 0.497 e. The highest BCUT2D eigenvalue weighted by Crippen LogP contribution is 2.31. The SMILES string of the molecule is COc1ccc(-c2nc(NC(=O)Cc3ccc(C)c(OC)c3)n[nH]2)c(OC)c1. The molecule has 1 amide bonds. The molecule has 0 atom stereocenters. The van der Waals surface area contributed by atoms with Crippen LogP contribution in [0.1, 0.15) is 11.1 Å². The predicted molar refractivity (Wildman–Crippen MR) is 105 cm³/mol. The fourth-order valence-electron chi connectivity index (χ4n) is 2.76. The quantitative estimate of drug-likeness (QED) is 0.652. The van der Waals surface area contributed by atoms with Crippen molar-refractivity contribution in [3.8, 4) is 28.6 Å². The van der Waals surface area contributed by atoms with Gasteiger partial charge in [0.15, 0.2) is 5.82 Å². The summed E-state index contributed by atoms with van der Waals surface area (Å²) in [6.07, 6.45) is 0.187. The Balaban J connectivity index is 1.72. The minimum absolute atomic E-state index is 0.187. The maximum absolute atomic E-state index is 12.3. The normalized spacial score (nSPS) is 10.4. The van der Waals surface area contributed by atoms with Crippen LogP contribution in [0.4, 0.5) is 5.95 Å². The molecule has 0 saturated heterocycles. The van der Waals surface area contributed by atoms with Crippen molar-refractivity contribution in [2.75, 3.05) is 26.6 Å². The molecular formula is C20H22N4O4. The van der Waals surface area contributed by atoms with E-state index in [0.29, 0.717) is 22.9 Å². The van der Waals surface area contributed by atoms with Crippen LogP contribution in [0.25, 0.3) is 11.4 Å². The maximum Gasteiger partial charge on any atom is 0.249 e. The second kappa shape index (κ2) is 8.43.